The molecule has 1 fully saturated rings. The first-order valence-corrected chi connectivity index (χ1v) is 11.1. The number of nitrogens with one attached hydrogen (secondary N) is 1. The predicted octanol–water partition coefficient (Wildman–Crippen LogP) is 5.87. The van der Waals surface area contributed by atoms with Crippen molar-refractivity contribution in [3.8, 4) is 11.5 Å². The monoisotopic (exact) mass is 489 g/mol. The van der Waals surface area contributed by atoms with Crippen LogP contribution < -0.4 is 14.8 Å². The Morgan fingerprint density at radius 1 is 1.17 bits per heavy atom. The van der Waals surface area contributed by atoms with E-state index < -0.39 is 11.5 Å². The topological polar surface area (TPSA) is 67.8 Å². The predicted molar refractivity (Wildman–Crippen MR) is 120 cm³/mol. The van der Waals surface area contributed by atoms with Gasteiger partial charge in [0.25, 0.3) is 0 Å². The van der Waals surface area contributed by atoms with Gasteiger partial charge in [-0.15, -0.1) is 0 Å². The number of carboxylic acids is 1. The van der Waals surface area contributed by atoms with Crippen molar-refractivity contribution in [2.45, 2.75) is 43.6 Å². The third-order valence-corrected chi connectivity index (χ3v) is 8.21. The van der Waals surface area contributed by atoms with Crippen LogP contribution >= 0.6 is 27.5 Å². The van der Waals surface area contributed by atoms with Crippen LogP contribution in [0.4, 0.5) is 5.69 Å². The molecule has 2 aromatic carbocycles. The molecular weight excluding hydrogens is 470 g/mol. The lowest BCUT2D eigenvalue weighted by Gasteiger charge is -2.44. The van der Waals surface area contributed by atoms with E-state index in [-0.39, 0.29) is 12.2 Å². The maximum atomic E-state index is 12.4. The number of allylic oxidation sites excluding steroid dienone is 1. The van der Waals surface area contributed by atoms with E-state index in [0.29, 0.717) is 30.7 Å². The number of anilines is 1. The zero-order chi connectivity index (χ0) is 21.1. The summed E-state index contributed by atoms with van der Waals surface area (Å²) in [5.41, 5.74) is 2.64. The molecule has 2 aliphatic carbocycles. The van der Waals surface area contributed by atoms with E-state index in [0.717, 1.165) is 32.8 Å². The highest BCUT2D eigenvalue weighted by atomic mass is 79.9. The maximum Gasteiger partial charge on any atom is 0.329 e. The summed E-state index contributed by atoms with van der Waals surface area (Å²) < 4.78 is 12.2. The van der Waals surface area contributed by atoms with Crippen LogP contribution in [0.2, 0.25) is 5.02 Å². The van der Waals surface area contributed by atoms with Gasteiger partial charge in [-0.25, -0.2) is 4.79 Å². The Balaban J connectivity index is 1.47. The summed E-state index contributed by atoms with van der Waals surface area (Å²) in [6, 6.07) is 9.61. The zero-order valence-corrected chi connectivity index (χ0v) is 18.8. The molecule has 5 nitrogen and oxygen atoms in total. The van der Waals surface area contributed by atoms with Gasteiger partial charge in [-0.1, -0.05) is 33.6 Å². The van der Waals surface area contributed by atoms with Gasteiger partial charge in [0, 0.05) is 20.6 Å². The maximum absolute atomic E-state index is 12.4. The summed E-state index contributed by atoms with van der Waals surface area (Å²) in [6.45, 7) is 2.14. The molecule has 0 atom stereocenters. The normalized spacial score (nSPS) is 26.4. The average molecular weight is 491 g/mol. The van der Waals surface area contributed by atoms with Gasteiger partial charge in [-0.3, -0.25) is 0 Å². The minimum Gasteiger partial charge on any atom is -0.480 e. The first-order valence-electron chi connectivity index (χ1n) is 9.93. The lowest BCUT2D eigenvalue weighted by atomic mass is 9.65. The van der Waals surface area contributed by atoms with Crippen LogP contribution in [0.25, 0.3) is 6.08 Å². The number of benzene rings is 2. The van der Waals surface area contributed by atoms with E-state index in [4.69, 9.17) is 21.1 Å². The number of hydrogen-bond donors (Lipinski definition) is 2. The molecule has 0 saturated heterocycles. The van der Waals surface area contributed by atoms with E-state index in [2.05, 4.69) is 33.4 Å². The van der Waals surface area contributed by atoms with Gasteiger partial charge < -0.3 is 19.9 Å². The van der Waals surface area contributed by atoms with Crippen molar-refractivity contribution in [2.24, 2.45) is 0 Å². The van der Waals surface area contributed by atoms with Crippen LogP contribution in [-0.4, -0.2) is 23.4 Å². The molecule has 1 saturated carbocycles. The highest BCUT2D eigenvalue weighted by Gasteiger charge is 2.51. The van der Waals surface area contributed by atoms with Crippen molar-refractivity contribution in [3.05, 3.63) is 56.5 Å². The van der Waals surface area contributed by atoms with Gasteiger partial charge in [0.05, 0.1) is 0 Å². The fourth-order valence-electron chi connectivity index (χ4n) is 4.90. The molecule has 5 rings (SSSR count). The van der Waals surface area contributed by atoms with Crippen molar-refractivity contribution < 1.29 is 19.4 Å². The Morgan fingerprint density at radius 3 is 2.57 bits per heavy atom. The number of hydrogen-bond acceptors (Lipinski definition) is 4. The van der Waals surface area contributed by atoms with Crippen molar-refractivity contribution in [1.82, 2.24) is 0 Å². The van der Waals surface area contributed by atoms with Crippen molar-refractivity contribution in [1.29, 1.82) is 0 Å². The number of halogens is 2. The second-order valence-corrected chi connectivity index (χ2v) is 9.55. The molecule has 30 heavy (non-hydrogen) atoms. The minimum absolute atomic E-state index is 0.236. The summed E-state index contributed by atoms with van der Waals surface area (Å²) in [5, 5.41) is 14.1. The molecule has 1 spiro atoms. The van der Waals surface area contributed by atoms with Crippen LogP contribution in [0.5, 0.6) is 11.5 Å². The quantitative estimate of drug-likeness (QED) is 0.563. The summed E-state index contributed by atoms with van der Waals surface area (Å²) >= 11 is 10.0. The fraction of sp³-hybridized carbons (Fsp3) is 0.348. The number of ether oxygens (including phenoxy) is 2. The SMILES string of the molecule is Cc1c(Cl)cccc1NC1(C(=O)O)CCC2(CC1)C(Br)=Cc1cc3c(cc12)OCO3. The molecule has 3 aliphatic rings. The molecule has 0 radical (unpaired) electrons. The van der Waals surface area contributed by atoms with Crippen LogP contribution in [0.15, 0.2) is 34.8 Å². The summed E-state index contributed by atoms with van der Waals surface area (Å²) in [6.07, 6.45) is 4.51. The molecule has 0 unspecified atom stereocenters. The Hall–Kier alpha value is -2.18. The van der Waals surface area contributed by atoms with Crippen LogP contribution in [-0.2, 0) is 10.2 Å². The van der Waals surface area contributed by atoms with Gasteiger partial charge in [0.2, 0.25) is 6.79 Å². The lowest BCUT2D eigenvalue weighted by Crippen LogP contribution is -2.52. The fourth-order valence-corrected chi connectivity index (χ4v) is 5.93. The first kappa shape index (κ1) is 19.8. The number of carbonyl (C=O) groups is 1. The largest absolute Gasteiger partial charge is 0.480 e. The average Bonchev–Trinajstić information content (AvgIpc) is 3.28. The molecule has 1 heterocycles. The van der Waals surface area contributed by atoms with Gasteiger partial charge >= 0.3 is 5.97 Å². The molecule has 7 heteroatoms. The van der Waals surface area contributed by atoms with Crippen molar-refractivity contribution in [2.75, 3.05) is 12.1 Å². The van der Waals surface area contributed by atoms with E-state index in [1.807, 2.05) is 31.2 Å². The second kappa shape index (κ2) is 6.92. The van der Waals surface area contributed by atoms with E-state index in [1.165, 1.54) is 5.56 Å². The minimum atomic E-state index is -1.03. The Bertz CT molecular complexity index is 1090. The molecular formula is C23H21BrClNO4. The third-order valence-electron chi connectivity index (χ3n) is 6.81. The highest BCUT2D eigenvalue weighted by Crippen LogP contribution is 2.57. The van der Waals surface area contributed by atoms with Gasteiger partial charge in [0.1, 0.15) is 5.54 Å². The highest BCUT2D eigenvalue weighted by molar-refractivity contribution is 9.11. The van der Waals surface area contributed by atoms with Crippen LogP contribution in [0.3, 0.4) is 0 Å². The van der Waals surface area contributed by atoms with Crippen molar-refractivity contribution >= 4 is 45.3 Å². The number of carboxylic acid groups (broad SMARTS) is 1. The van der Waals surface area contributed by atoms with Gasteiger partial charge in [-0.2, -0.15) is 0 Å². The van der Waals surface area contributed by atoms with Crippen molar-refractivity contribution in [3.63, 3.8) is 0 Å². The molecule has 2 N–H and O–H groups in total. The Kier molecular flexibility index (Phi) is 4.56. The second-order valence-electron chi connectivity index (χ2n) is 8.29. The summed E-state index contributed by atoms with van der Waals surface area (Å²) in [4.78, 5) is 12.4. The van der Waals surface area contributed by atoms with E-state index in [1.54, 1.807) is 0 Å². The summed E-state index contributed by atoms with van der Waals surface area (Å²) in [5.74, 6) is 0.684. The molecule has 0 bridgehead atoms. The van der Waals surface area contributed by atoms with E-state index >= 15 is 0 Å². The van der Waals surface area contributed by atoms with Gasteiger partial charge in [-0.05, 0) is 79.6 Å². The number of aliphatic carboxylic acids is 1. The number of rotatable bonds is 3. The summed E-state index contributed by atoms with van der Waals surface area (Å²) in [7, 11) is 0. The molecule has 156 valence electrons. The molecule has 2 aromatic rings. The van der Waals surface area contributed by atoms with Gasteiger partial charge in [0.15, 0.2) is 11.5 Å². The zero-order valence-electron chi connectivity index (χ0n) is 16.4. The Morgan fingerprint density at radius 2 is 1.87 bits per heavy atom. The number of fused-ring (bicyclic) bond motifs is 3. The first-order chi connectivity index (χ1) is 14.3. The van der Waals surface area contributed by atoms with Crippen LogP contribution in [0.1, 0.15) is 42.4 Å². The van der Waals surface area contributed by atoms with Crippen LogP contribution in [0, 0.1) is 6.92 Å². The standard InChI is InChI=1S/C23H21BrClNO4/c1-13-16(25)3-2-4-17(13)26-23(21(27)28)7-5-22(6-8-23)15-11-19-18(29-12-30-19)9-14(15)10-20(22)24/h2-4,9-11,26H,5-8,12H2,1H3,(H,27,28). The Labute approximate surface area is 188 Å². The molecule has 0 aromatic heterocycles. The van der Waals surface area contributed by atoms with E-state index in [9.17, 15) is 9.90 Å². The molecule has 1 aliphatic heterocycles. The molecule has 0 amide bonds. The third kappa shape index (κ3) is 2.84. The smallest absolute Gasteiger partial charge is 0.329 e. The lowest BCUT2D eigenvalue weighted by molar-refractivity contribution is -0.143.